The summed E-state index contributed by atoms with van der Waals surface area (Å²) >= 11 is 6.13. The van der Waals surface area contributed by atoms with Crippen molar-refractivity contribution in [2.24, 2.45) is 0 Å². The molecule has 1 atom stereocenters. The molecule has 9 N–H and O–H groups in total. The number of amides is 1. The molecule has 0 saturated heterocycles. The van der Waals surface area contributed by atoms with Crippen LogP contribution in [0.4, 0.5) is 5.69 Å². The molecule has 0 radical (unpaired) electrons. The van der Waals surface area contributed by atoms with E-state index in [0.717, 1.165) is 43.6 Å². The maximum atomic E-state index is 13.8. The summed E-state index contributed by atoms with van der Waals surface area (Å²) in [6.45, 7) is 1.26. The smallest absolute Gasteiger partial charge is 0.335 e. The first kappa shape index (κ1) is 33.1. The zero-order valence-electron chi connectivity index (χ0n) is 23.7. The lowest BCUT2D eigenvalue weighted by Crippen LogP contribution is -2.47. The van der Waals surface area contributed by atoms with Gasteiger partial charge >= 0.3 is 5.97 Å². The van der Waals surface area contributed by atoms with E-state index in [-0.39, 0.29) is 38.7 Å². The molecule has 0 aliphatic heterocycles. The number of methoxy groups -OCH3 is 1. The van der Waals surface area contributed by atoms with Crippen molar-refractivity contribution >= 4 is 34.9 Å². The van der Waals surface area contributed by atoms with Gasteiger partial charge < -0.3 is 50.9 Å². The number of aromatic carboxylic acids is 1. The molecule has 240 valence electrons. The number of rotatable bonds is 9. The minimum atomic E-state index is -3.88. The van der Waals surface area contributed by atoms with Gasteiger partial charge in [-0.3, -0.25) is 19.0 Å². The van der Waals surface area contributed by atoms with E-state index in [1.165, 1.54) is 25.1 Å². The van der Waals surface area contributed by atoms with Gasteiger partial charge in [-0.05, 0) is 55.0 Å². The zero-order valence-corrected chi connectivity index (χ0v) is 24.5. The highest BCUT2D eigenvalue weighted by Crippen LogP contribution is 2.55. The van der Waals surface area contributed by atoms with Crippen LogP contribution < -0.4 is 15.6 Å². The highest BCUT2D eigenvalue weighted by molar-refractivity contribution is 6.31. The minimum Gasteiger partial charge on any atom is -0.504 e. The monoisotopic (exact) mass is 656 g/mol. The van der Waals surface area contributed by atoms with Gasteiger partial charge in [-0.15, -0.1) is 0 Å². The van der Waals surface area contributed by atoms with Crippen LogP contribution in [0.2, 0.25) is 5.02 Å². The molecule has 0 spiro atoms. The van der Waals surface area contributed by atoms with Crippen molar-refractivity contribution in [1.82, 2.24) is 4.57 Å². The predicted molar refractivity (Wildman–Crippen MR) is 160 cm³/mol. The molecule has 0 saturated carbocycles. The number of hydrogen-bond donors (Lipinski definition) is 9. The molecule has 3 aromatic carbocycles. The number of nitrogens with zero attached hydrogens (tertiary/aromatic N) is 1. The third-order valence-electron chi connectivity index (χ3n) is 6.96. The van der Waals surface area contributed by atoms with Crippen molar-refractivity contribution in [3.05, 3.63) is 86.8 Å². The Balaban J connectivity index is 1.99. The number of ether oxygens (including phenoxy) is 1. The number of nitrogens with one attached hydrogen (secondary N) is 1. The Hall–Kier alpha value is -5.77. The Morgan fingerprint density at radius 1 is 0.870 bits per heavy atom. The summed E-state index contributed by atoms with van der Waals surface area (Å²) in [7, 11) is 1.16. The van der Waals surface area contributed by atoms with Gasteiger partial charge in [0, 0.05) is 27.9 Å². The first-order valence-electron chi connectivity index (χ1n) is 12.9. The van der Waals surface area contributed by atoms with Crippen molar-refractivity contribution in [1.29, 1.82) is 0 Å². The summed E-state index contributed by atoms with van der Waals surface area (Å²) in [5.74, 6) is -14.9. The Morgan fingerprint density at radius 3 is 1.96 bits per heavy atom. The third kappa shape index (κ3) is 5.84. The third-order valence-corrected chi connectivity index (χ3v) is 7.20. The molecule has 4 aromatic rings. The average Bonchev–Trinajstić information content (AvgIpc) is 2.99. The number of phenols is 5. The van der Waals surface area contributed by atoms with E-state index in [1.54, 1.807) is 0 Å². The number of hydrogen-bond acceptors (Lipinski definition) is 12. The zero-order chi connectivity index (χ0) is 34.2. The number of Topliss-reactive ketones (excluding diaryl/α,β-unsaturated/α-hetero) is 1. The predicted octanol–water partition coefficient (Wildman–Crippen LogP) is 2.62. The summed E-state index contributed by atoms with van der Waals surface area (Å²) in [5, 5.41) is 85.4. The van der Waals surface area contributed by atoms with E-state index in [0.29, 0.717) is 4.57 Å². The van der Waals surface area contributed by atoms with Crippen LogP contribution in [0.1, 0.15) is 39.2 Å². The van der Waals surface area contributed by atoms with Crippen LogP contribution in [0.5, 0.6) is 34.5 Å². The Kier molecular flexibility index (Phi) is 8.87. The van der Waals surface area contributed by atoms with Crippen LogP contribution in [0.15, 0.2) is 59.5 Å². The molecular formula is C30H25ClN2O13. The van der Waals surface area contributed by atoms with Gasteiger partial charge in [-0.25, -0.2) is 4.79 Å². The standard InChI is InChI=1S/C30H25ClN2O13/c1-12(34)16-8-5-14(31)9-17(16)18-10-20(35)33(11-19(18)46-2)27(28(41)32-15-6-3-13(4-7-15)29(42)43)30(44,45)21-22(36)24(38)26(40)25(39)23(21)37/h3-11,27,36-40,44-45H,1-2H3,(H,32,41)(H,42,43). The second-order valence-electron chi connectivity index (χ2n) is 9.87. The molecule has 16 heteroatoms. The van der Waals surface area contributed by atoms with Gasteiger partial charge in [-0.1, -0.05) is 11.6 Å². The molecule has 1 unspecified atom stereocenters. The van der Waals surface area contributed by atoms with Crippen LogP contribution in [0.3, 0.4) is 0 Å². The first-order chi connectivity index (χ1) is 21.5. The number of phenolic OH excluding ortho intramolecular Hbond substituents is 5. The lowest BCUT2D eigenvalue weighted by Gasteiger charge is -2.33. The van der Waals surface area contributed by atoms with Gasteiger partial charge in [0.05, 0.1) is 18.9 Å². The minimum absolute atomic E-state index is 0.00744. The van der Waals surface area contributed by atoms with E-state index in [2.05, 4.69) is 5.32 Å². The Labute approximate surface area is 263 Å². The lowest BCUT2D eigenvalue weighted by atomic mass is 9.93. The summed E-state index contributed by atoms with van der Waals surface area (Å²) in [4.78, 5) is 51.0. The molecular weight excluding hydrogens is 632 g/mol. The number of aromatic hydroxyl groups is 5. The number of benzene rings is 3. The Bertz CT molecular complexity index is 1920. The fourth-order valence-corrected chi connectivity index (χ4v) is 4.90. The highest BCUT2D eigenvalue weighted by Gasteiger charge is 2.49. The van der Waals surface area contributed by atoms with E-state index in [9.17, 15) is 54.9 Å². The number of anilines is 1. The molecule has 1 heterocycles. The molecule has 0 fully saturated rings. The number of ketones is 1. The molecule has 0 bridgehead atoms. The molecule has 15 nitrogen and oxygen atoms in total. The van der Waals surface area contributed by atoms with Crippen molar-refractivity contribution in [3.63, 3.8) is 0 Å². The molecule has 0 aliphatic carbocycles. The van der Waals surface area contributed by atoms with Gasteiger partial charge in [0.25, 0.3) is 11.5 Å². The Morgan fingerprint density at radius 2 is 1.43 bits per heavy atom. The molecule has 1 aromatic heterocycles. The fraction of sp³-hybridized carbons (Fsp3) is 0.133. The topological polar surface area (TPSA) is 256 Å². The SMILES string of the molecule is COc1cn(C(C(=O)Nc2ccc(C(=O)O)cc2)C(O)(O)c2c(O)c(O)c(O)c(O)c2O)c(=O)cc1-c1cc(Cl)ccc1C(C)=O. The number of carbonyl (C=O) groups excluding carboxylic acids is 2. The van der Waals surface area contributed by atoms with Crippen LogP contribution in [-0.2, 0) is 10.6 Å². The van der Waals surface area contributed by atoms with Crippen molar-refractivity contribution in [3.8, 4) is 45.6 Å². The number of carboxylic acids is 1. The van der Waals surface area contributed by atoms with Gasteiger partial charge in [0.2, 0.25) is 23.0 Å². The summed E-state index contributed by atoms with van der Waals surface area (Å²) in [6, 6.07) is 6.96. The van der Waals surface area contributed by atoms with E-state index in [4.69, 9.17) is 21.4 Å². The average molecular weight is 657 g/mol. The van der Waals surface area contributed by atoms with Gasteiger partial charge in [-0.2, -0.15) is 0 Å². The molecule has 0 aliphatic rings. The second-order valence-corrected chi connectivity index (χ2v) is 10.3. The fourth-order valence-electron chi connectivity index (χ4n) is 4.73. The molecule has 1 amide bonds. The van der Waals surface area contributed by atoms with E-state index < -0.39 is 69.4 Å². The number of aliphatic hydroxyl groups is 2. The molecule has 4 rings (SSSR count). The van der Waals surface area contributed by atoms with Crippen molar-refractivity contribution in [2.45, 2.75) is 18.8 Å². The maximum absolute atomic E-state index is 13.8. The van der Waals surface area contributed by atoms with E-state index in [1.807, 2.05) is 0 Å². The van der Waals surface area contributed by atoms with Crippen LogP contribution in [0.25, 0.3) is 11.1 Å². The highest BCUT2D eigenvalue weighted by atomic mass is 35.5. The maximum Gasteiger partial charge on any atom is 0.335 e. The normalized spacial score (nSPS) is 11.9. The number of halogens is 1. The van der Waals surface area contributed by atoms with Crippen LogP contribution in [-0.4, -0.2) is 70.2 Å². The summed E-state index contributed by atoms with van der Waals surface area (Å²) in [6.07, 6.45) is 0.843. The number of aromatic nitrogens is 1. The van der Waals surface area contributed by atoms with Crippen LogP contribution >= 0.6 is 11.6 Å². The van der Waals surface area contributed by atoms with E-state index >= 15 is 0 Å². The summed E-state index contributed by atoms with van der Waals surface area (Å²) < 4.78 is 5.81. The number of carbonyl (C=O) groups is 3. The van der Waals surface area contributed by atoms with Gasteiger partial charge in [0.15, 0.2) is 23.3 Å². The largest absolute Gasteiger partial charge is 0.504 e. The number of pyridine rings is 1. The van der Waals surface area contributed by atoms with Crippen LogP contribution in [0, 0.1) is 0 Å². The summed E-state index contributed by atoms with van der Waals surface area (Å²) in [5.41, 5.74) is -2.66. The lowest BCUT2D eigenvalue weighted by molar-refractivity contribution is -0.205. The second kappa shape index (κ2) is 12.3. The quantitative estimate of drug-likeness (QED) is 0.0544. The number of carboxylic acid groups (broad SMARTS) is 1. The molecule has 46 heavy (non-hydrogen) atoms. The first-order valence-corrected chi connectivity index (χ1v) is 13.3. The van der Waals surface area contributed by atoms with Gasteiger partial charge in [0.1, 0.15) is 11.3 Å². The van der Waals surface area contributed by atoms with Crippen molar-refractivity contribution in [2.75, 3.05) is 12.4 Å². The van der Waals surface area contributed by atoms with Crippen molar-refractivity contribution < 1.29 is 60.0 Å².